The molecular weight excluding hydrogens is 979 g/mol. The van der Waals surface area contributed by atoms with Crippen LogP contribution in [0, 0.1) is 0 Å². The van der Waals surface area contributed by atoms with Crippen molar-refractivity contribution in [3.63, 3.8) is 0 Å². The zero-order valence-electron chi connectivity index (χ0n) is 51.5. The summed E-state index contributed by atoms with van der Waals surface area (Å²) >= 11 is 0. The highest BCUT2D eigenvalue weighted by molar-refractivity contribution is 5.92. The van der Waals surface area contributed by atoms with Gasteiger partial charge in [0.25, 0.3) is 5.91 Å². The van der Waals surface area contributed by atoms with Gasteiger partial charge < -0.3 is 5.32 Å². The van der Waals surface area contributed by atoms with Crippen molar-refractivity contribution >= 4 is 49.4 Å². The second kappa shape index (κ2) is 27.0. The van der Waals surface area contributed by atoms with E-state index in [2.05, 4.69) is 281 Å². The van der Waals surface area contributed by atoms with Crippen LogP contribution >= 0.6 is 0 Å². The number of carbonyl (C=O) groups is 1. The number of aromatic nitrogens is 6. The Labute approximate surface area is 479 Å². The Balaban J connectivity index is 0.000000177. The maximum Gasteiger partial charge on any atom is 0.269 e. The van der Waals surface area contributed by atoms with Crippen LogP contribution < -0.4 is 5.32 Å². The summed E-state index contributed by atoms with van der Waals surface area (Å²) in [7, 11) is 1.60. The zero-order valence-corrected chi connectivity index (χ0v) is 51.5. The summed E-state index contributed by atoms with van der Waals surface area (Å²) in [6.45, 7) is 39.6. The summed E-state index contributed by atoms with van der Waals surface area (Å²) in [5.74, 6) is -0.143. The normalized spacial score (nSPS) is 11.7. The first-order chi connectivity index (χ1) is 37.3. The molecule has 10 rings (SSSR count). The minimum absolute atomic E-state index is 0.0473. The third-order valence-corrected chi connectivity index (χ3v) is 13.6. The molecule has 418 valence electrons. The van der Waals surface area contributed by atoms with E-state index in [4.69, 9.17) is 0 Å². The largest absolute Gasteiger partial charge is 0.354 e. The van der Waals surface area contributed by atoms with Crippen LogP contribution in [0.1, 0.15) is 168 Å². The van der Waals surface area contributed by atoms with Crippen LogP contribution in [0.3, 0.4) is 0 Å². The van der Waals surface area contributed by atoms with Crippen molar-refractivity contribution in [3.05, 3.63) is 228 Å². The molecule has 0 saturated carbocycles. The van der Waals surface area contributed by atoms with Crippen molar-refractivity contribution in [2.75, 3.05) is 7.05 Å². The number of benzene rings is 5. The molecule has 0 saturated heterocycles. The van der Waals surface area contributed by atoms with E-state index in [1.165, 1.54) is 49.4 Å². The van der Waals surface area contributed by atoms with Crippen LogP contribution in [0.15, 0.2) is 189 Å². The van der Waals surface area contributed by atoms with Crippen LogP contribution in [0.25, 0.3) is 43.5 Å². The molecule has 0 aliphatic carbocycles. The SMILES string of the molecule is CC(C)(C)c1ccc2ccccc2c1.CC(C)(C)c1ccc2cccnc2c1.CC(C)(C)c1ccc2ncccc2c1.CC(C)(C)c1ccc2ncncc2c1.CC(C)(C)c1ccncc1.CNC(=O)c1cc(C(C)(C)C)ccn1. The minimum atomic E-state index is -0.143. The number of hydrogen-bond acceptors (Lipinski definition) is 7. The number of fused-ring (bicyclic) bond motifs is 4. The zero-order chi connectivity index (χ0) is 59.1. The molecule has 0 spiro atoms. The molecule has 8 nitrogen and oxygen atoms in total. The van der Waals surface area contributed by atoms with Crippen molar-refractivity contribution in [1.29, 1.82) is 0 Å². The van der Waals surface area contributed by atoms with Crippen LogP contribution in [-0.2, 0) is 32.5 Å². The first kappa shape index (κ1) is 63.1. The lowest BCUT2D eigenvalue weighted by Gasteiger charge is -2.19. The Morgan fingerprint density at radius 2 is 0.738 bits per heavy atom. The van der Waals surface area contributed by atoms with Crippen molar-refractivity contribution in [3.8, 4) is 0 Å². The van der Waals surface area contributed by atoms with E-state index in [0.29, 0.717) is 5.69 Å². The summed E-state index contributed by atoms with van der Waals surface area (Å²) in [4.78, 5) is 36.2. The van der Waals surface area contributed by atoms with Crippen LogP contribution in [0.2, 0.25) is 0 Å². The van der Waals surface area contributed by atoms with E-state index in [-0.39, 0.29) is 38.4 Å². The topological polar surface area (TPSA) is 106 Å². The van der Waals surface area contributed by atoms with Gasteiger partial charge in [0.15, 0.2) is 0 Å². The number of rotatable bonds is 1. The highest BCUT2D eigenvalue weighted by Gasteiger charge is 2.18. The fourth-order valence-corrected chi connectivity index (χ4v) is 8.18. The first-order valence-corrected chi connectivity index (χ1v) is 27.8. The number of amides is 1. The van der Waals surface area contributed by atoms with E-state index in [0.717, 1.165) is 27.5 Å². The van der Waals surface area contributed by atoms with Gasteiger partial charge in [0.1, 0.15) is 12.0 Å². The predicted octanol–water partition coefficient (Wildman–Crippen LogP) is 18.2. The molecule has 0 aliphatic rings. The summed E-state index contributed by atoms with van der Waals surface area (Å²) in [6.07, 6.45) is 12.5. The molecule has 0 bridgehead atoms. The van der Waals surface area contributed by atoms with E-state index < -0.39 is 0 Å². The third-order valence-electron chi connectivity index (χ3n) is 13.6. The van der Waals surface area contributed by atoms with Gasteiger partial charge in [-0.1, -0.05) is 203 Å². The molecule has 5 aromatic carbocycles. The lowest BCUT2D eigenvalue weighted by atomic mass is 9.86. The number of carbonyl (C=O) groups excluding carboxylic acids is 1. The van der Waals surface area contributed by atoms with Gasteiger partial charge in [0.05, 0.1) is 16.6 Å². The van der Waals surface area contributed by atoms with E-state index in [1.54, 1.807) is 19.6 Å². The average molecular weight is 1070 g/mol. The molecule has 0 atom stereocenters. The Morgan fingerprint density at radius 3 is 1.26 bits per heavy atom. The summed E-state index contributed by atoms with van der Waals surface area (Å²) in [5.41, 5.74) is 12.6. The molecule has 10 aromatic rings. The van der Waals surface area contributed by atoms with Crippen LogP contribution in [-0.4, -0.2) is 42.9 Å². The van der Waals surface area contributed by atoms with Gasteiger partial charge in [-0.2, -0.15) is 0 Å². The lowest BCUT2D eigenvalue weighted by molar-refractivity contribution is 0.0958. The fourth-order valence-electron chi connectivity index (χ4n) is 8.18. The lowest BCUT2D eigenvalue weighted by Crippen LogP contribution is -2.20. The standard InChI is InChI=1S/C14H16.2C13H15N.C12H14N2.C11H16N2O.C9H13N/c1-14(2,3)13-9-8-11-6-4-5-7-12(11)10-13;1-13(2,3)11-6-7-12-10(9-11)5-4-8-14-12;1-13(2,3)11-7-6-10-5-4-8-14-12(10)9-11;1-12(2,3)10-4-5-11-9(6-10)7-13-8-14-11;1-11(2,3)8-5-6-13-9(7-8)10(14)12-4;1-9(2,3)8-4-6-10-7-5-8/h4-10H,1-3H3;2*4-9H,1-3H3;4-8H,1-3H3;5-7H,1-4H3,(H,12,14);4-7H,1-3H3. The molecule has 0 aliphatic heterocycles. The smallest absolute Gasteiger partial charge is 0.269 e. The minimum Gasteiger partial charge on any atom is -0.354 e. The molecule has 5 heterocycles. The average Bonchev–Trinajstić information content (AvgIpc) is 3.47. The Morgan fingerprint density at radius 1 is 0.325 bits per heavy atom. The summed E-state index contributed by atoms with van der Waals surface area (Å²) < 4.78 is 0. The molecule has 1 N–H and O–H groups in total. The second-order valence-electron chi connectivity index (χ2n) is 26.4. The number of pyridine rings is 4. The predicted molar refractivity (Wildman–Crippen MR) is 341 cm³/mol. The van der Waals surface area contributed by atoms with Gasteiger partial charge in [-0.25, -0.2) is 9.97 Å². The van der Waals surface area contributed by atoms with Crippen LogP contribution in [0.4, 0.5) is 0 Å². The monoisotopic (exact) mass is 1070 g/mol. The summed E-state index contributed by atoms with van der Waals surface area (Å²) in [5, 5.41) is 8.75. The number of hydrogen-bond donors (Lipinski definition) is 1. The van der Waals surface area contributed by atoms with Gasteiger partial charge in [0.2, 0.25) is 0 Å². The van der Waals surface area contributed by atoms with Crippen molar-refractivity contribution in [2.24, 2.45) is 0 Å². The van der Waals surface area contributed by atoms with Crippen molar-refractivity contribution in [2.45, 2.75) is 157 Å². The Bertz CT molecular complexity index is 3210. The molecule has 5 aromatic heterocycles. The molecule has 80 heavy (non-hydrogen) atoms. The van der Waals surface area contributed by atoms with Crippen molar-refractivity contribution in [1.82, 2.24) is 35.2 Å². The molecule has 1 amide bonds. The quantitative estimate of drug-likeness (QED) is 0.174. The Kier molecular flexibility index (Phi) is 21.3. The summed E-state index contributed by atoms with van der Waals surface area (Å²) in [6, 6.07) is 50.6. The number of nitrogens with one attached hydrogen (secondary N) is 1. The maximum absolute atomic E-state index is 11.3. The van der Waals surface area contributed by atoms with Gasteiger partial charge >= 0.3 is 0 Å². The van der Waals surface area contributed by atoms with Gasteiger partial charge in [-0.05, 0) is 143 Å². The van der Waals surface area contributed by atoms with Gasteiger partial charge in [-0.15, -0.1) is 0 Å². The van der Waals surface area contributed by atoms with Crippen LogP contribution in [0.5, 0.6) is 0 Å². The first-order valence-electron chi connectivity index (χ1n) is 27.8. The van der Waals surface area contributed by atoms with E-state index in [9.17, 15) is 4.79 Å². The molecule has 8 heteroatoms. The second-order valence-corrected chi connectivity index (χ2v) is 26.4. The number of nitrogens with zero attached hydrogens (tertiary/aromatic N) is 6. The Hall–Kier alpha value is -7.71. The van der Waals surface area contributed by atoms with Gasteiger partial charge in [-0.3, -0.25) is 24.7 Å². The molecular formula is C72H89N7O. The van der Waals surface area contributed by atoms with Crippen molar-refractivity contribution < 1.29 is 4.79 Å². The molecule has 0 fully saturated rings. The highest BCUT2D eigenvalue weighted by atomic mass is 16.1. The van der Waals surface area contributed by atoms with Gasteiger partial charge in [0, 0.05) is 60.4 Å². The third kappa shape index (κ3) is 19.3. The maximum atomic E-state index is 11.3. The highest BCUT2D eigenvalue weighted by Crippen LogP contribution is 2.29. The van der Waals surface area contributed by atoms with E-state index >= 15 is 0 Å². The molecule has 0 unspecified atom stereocenters. The molecule has 0 radical (unpaired) electrons. The fraction of sp³-hybridized carbons (Fsp3) is 0.347. The van der Waals surface area contributed by atoms with E-state index in [1.807, 2.05) is 55.2 Å².